The van der Waals surface area contributed by atoms with Crippen LogP contribution in [0.3, 0.4) is 0 Å². The molecule has 1 aliphatic heterocycles. The fraction of sp³-hybridized carbons (Fsp3) is 0.227. The maximum atomic E-state index is 13.0. The van der Waals surface area contributed by atoms with Gasteiger partial charge in [0.05, 0.1) is 11.3 Å². The molecule has 1 aliphatic rings. The first-order valence-electron chi connectivity index (χ1n) is 9.96. The Morgan fingerprint density at radius 1 is 1.19 bits per heavy atom. The minimum atomic E-state index is -2.65. The average molecular weight is 458 g/mol. The molecule has 0 spiro atoms. The number of halogens is 2. The molecule has 1 fully saturated rings. The molecule has 4 rings (SSSR count). The summed E-state index contributed by atoms with van der Waals surface area (Å²) in [5.74, 6) is -3.03. The zero-order valence-corrected chi connectivity index (χ0v) is 17.9. The molecule has 0 aliphatic carbocycles. The van der Waals surface area contributed by atoms with Gasteiger partial charge in [-0.25, -0.2) is 4.68 Å². The number of hydrogen-bond donors (Lipinski definition) is 3. The quantitative estimate of drug-likeness (QED) is 0.486. The lowest BCUT2D eigenvalue weighted by Crippen LogP contribution is -2.52. The number of anilines is 1. The van der Waals surface area contributed by atoms with Gasteiger partial charge >= 0.3 is 0 Å². The number of carbonyl (C=O) groups excluding carboxylic acids is 2. The van der Waals surface area contributed by atoms with Crippen molar-refractivity contribution in [2.24, 2.45) is 0 Å². The third kappa shape index (κ3) is 4.97. The molecule has 1 saturated heterocycles. The lowest BCUT2D eigenvalue weighted by molar-refractivity contribution is -0.125. The number of aromatic nitrogens is 2. The summed E-state index contributed by atoms with van der Waals surface area (Å²) in [4.78, 5) is 25.3. The molecule has 10 heteroatoms. The van der Waals surface area contributed by atoms with Crippen molar-refractivity contribution in [1.29, 1.82) is 0 Å². The molecule has 2 atom stereocenters. The second-order valence-corrected chi connectivity index (χ2v) is 8.33. The van der Waals surface area contributed by atoms with Crippen LogP contribution in [0.5, 0.6) is 0 Å². The van der Waals surface area contributed by atoms with E-state index >= 15 is 0 Å². The fourth-order valence-electron chi connectivity index (χ4n) is 3.46. The highest BCUT2D eigenvalue weighted by Gasteiger charge is 2.28. The largest absolute Gasteiger partial charge is 0.322 e. The summed E-state index contributed by atoms with van der Waals surface area (Å²) in [7, 11) is 0. The fourth-order valence-corrected chi connectivity index (χ4v) is 4.10. The van der Waals surface area contributed by atoms with E-state index in [-0.39, 0.29) is 22.4 Å². The number of hydrogen-bond acceptors (Lipinski definition) is 5. The molecule has 7 nitrogen and oxygen atoms in total. The molecular weight excluding hydrogens is 436 g/mol. The van der Waals surface area contributed by atoms with E-state index < -0.39 is 18.0 Å². The highest BCUT2D eigenvalue weighted by Crippen LogP contribution is 2.30. The van der Waals surface area contributed by atoms with Crippen LogP contribution in [-0.4, -0.2) is 33.4 Å². The Balaban J connectivity index is 1.69. The van der Waals surface area contributed by atoms with E-state index in [1.165, 1.54) is 16.8 Å². The second kappa shape index (κ2) is 9.49. The minimum Gasteiger partial charge on any atom is -0.322 e. The van der Waals surface area contributed by atoms with Gasteiger partial charge < -0.3 is 10.6 Å². The maximum absolute atomic E-state index is 13.0. The van der Waals surface area contributed by atoms with E-state index in [0.29, 0.717) is 29.7 Å². The highest BCUT2D eigenvalue weighted by molar-refractivity contribution is 7.99. The normalized spacial score (nSPS) is 18.4. The summed E-state index contributed by atoms with van der Waals surface area (Å²) < 4.78 is 27.3. The van der Waals surface area contributed by atoms with Gasteiger partial charge in [0.15, 0.2) is 6.29 Å². The standard InChI is InChI=1S/C22H21F2N5O2S/c1-13-11-19(30)27-22(25-13)29-18(12-16(28-29)14-7-3-2-4-8-14)26-20(31)15-9-5-6-10-17(15)32-21(23)24/h2-10,12-13,21-22,25H,11H2,1H3,(H,26,31)(H,27,30). The third-order valence-corrected chi connectivity index (χ3v) is 5.66. The molecule has 2 unspecified atom stereocenters. The summed E-state index contributed by atoms with van der Waals surface area (Å²) in [6.45, 7) is 1.88. The Hall–Kier alpha value is -3.24. The molecule has 0 saturated carbocycles. The van der Waals surface area contributed by atoms with Crippen molar-refractivity contribution in [2.75, 3.05) is 5.32 Å². The lowest BCUT2D eigenvalue weighted by Gasteiger charge is -2.30. The van der Waals surface area contributed by atoms with E-state index in [0.717, 1.165) is 5.56 Å². The Bertz CT molecular complexity index is 1120. The van der Waals surface area contributed by atoms with Gasteiger partial charge in [0, 0.05) is 29.0 Å². The van der Waals surface area contributed by atoms with Crippen LogP contribution in [0.2, 0.25) is 0 Å². The van der Waals surface area contributed by atoms with Crippen LogP contribution in [-0.2, 0) is 4.79 Å². The van der Waals surface area contributed by atoms with Crippen LogP contribution in [0.1, 0.15) is 30.0 Å². The first kappa shape index (κ1) is 22.0. The van der Waals surface area contributed by atoms with E-state index in [4.69, 9.17) is 0 Å². The molecule has 2 heterocycles. The third-order valence-electron chi connectivity index (χ3n) is 4.87. The van der Waals surface area contributed by atoms with E-state index in [9.17, 15) is 18.4 Å². The first-order valence-corrected chi connectivity index (χ1v) is 10.8. The van der Waals surface area contributed by atoms with Crippen molar-refractivity contribution in [3.63, 3.8) is 0 Å². The van der Waals surface area contributed by atoms with Crippen LogP contribution >= 0.6 is 11.8 Å². The molecular formula is C22H21F2N5O2S. The van der Waals surface area contributed by atoms with E-state index in [1.807, 2.05) is 37.3 Å². The molecule has 0 radical (unpaired) electrons. The first-order chi connectivity index (χ1) is 15.4. The number of benzene rings is 2. The topological polar surface area (TPSA) is 88.1 Å². The predicted molar refractivity (Wildman–Crippen MR) is 118 cm³/mol. The molecule has 1 aromatic heterocycles. The SMILES string of the molecule is CC1CC(=O)NC(n2nc(-c3ccccc3)cc2NC(=O)c2ccccc2SC(F)F)N1. The van der Waals surface area contributed by atoms with Crippen molar-refractivity contribution < 1.29 is 18.4 Å². The number of alkyl halides is 2. The van der Waals surface area contributed by atoms with Crippen LogP contribution in [0, 0.1) is 0 Å². The van der Waals surface area contributed by atoms with Gasteiger partial charge in [-0.2, -0.15) is 13.9 Å². The van der Waals surface area contributed by atoms with Gasteiger partial charge in [0.25, 0.3) is 11.7 Å². The molecule has 3 aromatic rings. The molecule has 32 heavy (non-hydrogen) atoms. The van der Waals surface area contributed by atoms with Crippen LogP contribution in [0.25, 0.3) is 11.3 Å². The van der Waals surface area contributed by atoms with Crippen molar-refractivity contribution >= 4 is 29.4 Å². The Morgan fingerprint density at radius 3 is 2.62 bits per heavy atom. The lowest BCUT2D eigenvalue weighted by atomic mass is 10.1. The highest BCUT2D eigenvalue weighted by atomic mass is 32.2. The van der Waals surface area contributed by atoms with Crippen molar-refractivity contribution in [3.05, 3.63) is 66.2 Å². The molecule has 166 valence electrons. The van der Waals surface area contributed by atoms with Gasteiger partial charge in [-0.15, -0.1) is 0 Å². The molecule has 0 bridgehead atoms. The Labute approximate surface area is 187 Å². The Morgan fingerprint density at radius 2 is 1.91 bits per heavy atom. The average Bonchev–Trinajstić information content (AvgIpc) is 3.17. The smallest absolute Gasteiger partial charge is 0.288 e. The summed E-state index contributed by atoms with van der Waals surface area (Å²) in [6, 6.07) is 17.1. The maximum Gasteiger partial charge on any atom is 0.288 e. The van der Waals surface area contributed by atoms with Crippen LogP contribution < -0.4 is 16.0 Å². The number of carbonyl (C=O) groups is 2. The Kier molecular flexibility index (Phi) is 6.52. The second-order valence-electron chi connectivity index (χ2n) is 7.30. The molecule has 3 N–H and O–H groups in total. The van der Waals surface area contributed by atoms with E-state index in [1.54, 1.807) is 18.2 Å². The van der Waals surface area contributed by atoms with Crippen molar-refractivity contribution in [1.82, 2.24) is 20.4 Å². The van der Waals surface area contributed by atoms with Gasteiger partial charge in [-0.1, -0.05) is 54.2 Å². The van der Waals surface area contributed by atoms with Crippen LogP contribution in [0.15, 0.2) is 65.6 Å². The summed E-state index contributed by atoms with van der Waals surface area (Å²) in [5.41, 5.74) is 1.54. The number of thioether (sulfide) groups is 1. The van der Waals surface area contributed by atoms with Gasteiger partial charge in [-0.3, -0.25) is 14.9 Å². The summed E-state index contributed by atoms with van der Waals surface area (Å²) >= 11 is 0.313. The zero-order chi connectivity index (χ0) is 22.7. The molecule has 2 aromatic carbocycles. The zero-order valence-electron chi connectivity index (χ0n) is 17.1. The van der Waals surface area contributed by atoms with E-state index in [2.05, 4.69) is 21.0 Å². The van der Waals surface area contributed by atoms with Gasteiger partial charge in [0.1, 0.15) is 5.82 Å². The number of nitrogens with zero attached hydrogens (tertiary/aromatic N) is 2. The predicted octanol–water partition coefficient (Wildman–Crippen LogP) is 4.07. The number of amides is 2. The van der Waals surface area contributed by atoms with Crippen LogP contribution in [0.4, 0.5) is 14.6 Å². The monoisotopic (exact) mass is 457 g/mol. The van der Waals surface area contributed by atoms with Gasteiger partial charge in [0.2, 0.25) is 5.91 Å². The summed E-state index contributed by atoms with van der Waals surface area (Å²) in [5, 5.41) is 13.4. The van der Waals surface area contributed by atoms with Gasteiger partial charge in [-0.05, 0) is 19.1 Å². The number of nitrogens with one attached hydrogen (secondary N) is 3. The minimum absolute atomic E-state index is 0.0927. The van der Waals surface area contributed by atoms with Crippen molar-refractivity contribution in [2.45, 2.75) is 36.3 Å². The molecule has 2 amide bonds. The van der Waals surface area contributed by atoms with Crippen molar-refractivity contribution in [3.8, 4) is 11.3 Å². The summed E-state index contributed by atoms with van der Waals surface area (Å²) in [6.07, 6.45) is -0.354. The number of rotatable bonds is 6.